The number of hydrogen-bond acceptors (Lipinski definition) is 2. The van der Waals surface area contributed by atoms with E-state index in [0.29, 0.717) is 21.1 Å². The van der Waals surface area contributed by atoms with Gasteiger partial charge in [-0.3, -0.25) is 4.79 Å². The van der Waals surface area contributed by atoms with Crippen molar-refractivity contribution in [3.8, 4) is 5.75 Å². The van der Waals surface area contributed by atoms with Crippen LogP contribution in [0.2, 0.25) is 0 Å². The molecule has 3 aromatic carbocycles. The molecule has 0 amide bonds. The van der Waals surface area contributed by atoms with Crippen molar-refractivity contribution in [3.63, 3.8) is 0 Å². The molecule has 0 aromatic heterocycles. The Kier molecular flexibility index (Phi) is 6.90. The van der Waals surface area contributed by atoms with Gasteiger partial charge >= 0.3 is 0 Å². The molecule has 0 bridgehead atoms. The maximum Gasteiger partial charge on any atom is 0.150 e. The van der Waals surface area contributed by atoms with Gasteiger partial charge in [-0.2, -0.15) is 0 Å². The second-order valence-electron chi connectivity index (χ2n) is 7.41. The molecule has 2 nitrogen and oxygen atoms in total. The highest BCUT2D eigenvalue weighted by molar-refractivity contribution is 7.56. The Hall–Kier alpha value is -2.96. The van der Waals surface area contributed by atoms with E-state index in [1.807, 2.05) is 42.5 Å². The van der Waals surface area contributed by atoms with Crippen LogP contribution in [0.1, 0.15) is 27.9 Å². The molecule has 3 aromatic rings. The summed E-state index contributed by atoms with van der Waals surface area (Å²) in [5.41, 5.74) is 3.12. The molecular formula is C27H25O2P. The Labute approximate surface area is 180 Å². The lowest BCUT2D eigenvalue weighted by molar-refractivity contribution is 0.112. The van der Waals surface area contributed by atoms with Gasteiger partial charge in [-0.15, -0.1) is 0 Å². The van der Waals surface area contributed by atoms with Crippen molar-refractivity contribution in [2.75, 3.05) is 0 Å². The Balaban J connectivity index is 1.65. The average molecular weight is 412 g/mol. The van der Waals surface area contributed by atoms with E-state index in [1.54, 1.807) is 0 Å². The Morgan fingerprint density at radius 3 is 2.50 bits per heavy atom. The summed E-state index contributed by atoms with van der Waals surface area (Å²) in [6.07, 6.45) is 11.7. The zero-order valence-corrected chi connectivity index (χ0v) is 17.8. The summed E-state index contributed by atoms with van der Waals surface area (Å²) in [4.78, 5) is 11.5. The minimum Gasteiger partial charge on any atom is -0.488 e. The molecular weight excluding hydrogens is 387 g/mol. The summed E-state index contributed by atoms with van der Waals surface area (Å²) in [7, 11) is 0.369. The fourth-order valence-corrected chi connectivity index (χ4v) is 4.95. The highest BCUT2D eigenvalue weighted by Gasteiger charge is 2.16. The van der Waals surface area contributed by atoms with Crippen molar-refractivity contribution in [1.82, 2.24) is 0 Å². The third-order valence-corrected chi connectivity index (χ3v) is 6.62. The lowest BCUT2D eigenvalue weighted by Gasteiger charge is -2.20. The van der Waals surface area contributed by atoms with E-state index in [9.17, 15) is 4.79 Å². The Bertz CT molecular complexity index is 1050. The summed E-state index contributed by atoms with van der Waals surface area (Å²) in [5, 5.41) is 2.20. The van der Waals surface area contributed by atoms with Gasteiger partial charge in [0.1, 0.15) is 12.4 Å². The van der Waals surface area contributed by atoms with E-state index in [0.717, 1.165) is 46.6 Å². The lowest BCUT2D eigenvalue weighted by atomic mass is 9.93. The van der Waals surface area contributed by atoms with Gasteiger partial charge < -0.3 is 4.74 Å². The molecule has 0 fully saturated rings. The molecule has 3 heteroatoms. The summed E-state index contributed by atoms with van der Waals surface area (Å²) < 4.78 is 6.42. The first-order chi connectivity index (χ1) is 14.8. The molecule has 30 heavy (non-hydrogen) atoms. The van der Waals surface area contributed by atoms with E-state index >= 15 is 0 Å². The van der Waals surface area contributed by atoms with Crippen molar-refractivity contribution < 1.29 is 9.53 Å². The normalized spacial score (nSPS) is 15.5. The smallest absolute Gasteiger partial charge is 0.150 e. The molecule has 1 aliphatic carbocycles. The summed E-state index contributed by atoms with van der Waals surface area (Å²) in [6.45, 7) is 0.533. The van der Waals surface area contributed by atoms with Crippen LogP contribution in [0.3, 0.4) is 0 Å². The molecule has 4 rings (SSSR count). The molecule has 0 saturated heterocycles. The monoisotopic (exact) mass is 412 g/mol. The van der Waals surface area contributed by atoms with Crippen LogP contribution in [0.15, 0.2) is 97.1 Å². The minimum absolute atomic E-state index is 0.369. The summed E-state index contributed by atoms with van der Waals surface area (Å²) >= 11 is 0. The maximum atomic E-state index is 11.5. The number of hydrogen-bond donors (Lipinski definition) is 0. The highest BCUT2D eigenvalue weighted by atomic mass is 31.1. The highest BCUT2D eigenvalue weighted by Crippen LogP contribution is 2.29. The second kappa shape index (κ2) is 10.2. The Morgan fingerprint density at radius 1 is 0.900 bits per heavy atom. The van der Waals surface area contributed by atoms with Crippen molar-refractivity contribution in [2.24, 2.45) is 5.92 Å². The molecule has 0 saturated carbocycles. The van der Waals surface area contributed by atoms with Gasteiger partial charge in [-0.05, 0) is 35.2 Å². The van der Waals surface area contributed by atoms with E-state index in [1.165, 1.54) is 5.56 Å². The fourth-order valence-electron chi connectivity index (χ4n) is 3.67. The van der Waals surface area contributed by atoms with Crippen LogP contribution in [0.25, 0.3) is 0 Å². The average Bonchev–Trinajstić information content (AvgIpc) is 2.80. The first-order valence-electron chi connectivity index (χ1n) is 10.3. The Morgan fingerprint density at radius 2 is 1.70 bits per heavy atom. The molecule has 2 atom stereocenters. The van der Waals surface area contributed by atoms with Crippen molar-refractivity contribution in [2.45, 2.75) is 19.4 Å². The van der Waals surface area contributed by atoms with Crippen LogP contribution < -0.4 is 15.3 Å². The zero-order valence-electron chi connectivity index (χ0n) is 16.8. The topological polar surface area (TPSA) is 26.3 Å². The fraction of sp³-hybridized carbons (Fsp3) is 0.148. The molecule has 0 N–H and O–H groups in total. The van der Waals surface area contributed by atoms with E-state index in [2.05, 4.69) is 54.6 Å². The lowest BCUT2D eigenvalue weighted by Crippen LogP contribution is -2.14. The third-order valence-electron chi connectivity index (χ3n) is 5.23. The van der Waals surface area contributed by atoms with Crippen LogP contribution in [0.4, 0.5) is 0 Å². The number of carbonyl (C=O) groups is 1. The van der Waals surface area contributed by atoms with Crippen LogP contribution >= 0.6 is 8.58 Å². The predicted molar refractivity (Wildman–Crippen MR) is 127 cm³/mol. The van der Waals surface area contributed by atoms with E-state index in [-0.39, 0.29) is 0 Å². The van der Waals surface area contributed by atoms with Gasteiger partial charge in [-0.25, -0.2) is 0 Å². The number of aldehydes is 1. The van der Waals surface area contributed by atoms with E-state index in [4.69, 9.17) is 4.74 Å². The molecule has 150 valence electrons. The van der Waals surface area contributed by atoms with Crippen LogP contribution in [-0.2, 0) is 13.0 Å². The van der Waals surface area contributed by atoms with Crippen LogP contribution in [0, 0.1) is 5.92 Å². The number of rotatable bonds is 8. The maximum absolute atomic E-state index is 11.5. The SMILES string of the molecule is O=Cc1ccccc1Pc1cccc(CC2C=CC=CC2)c1OCc1ccccc1. The van der Waals surface area contributed by atoms with Crippen molar-refractivity contribution in [1.29, 1.82) is 0 Å². The number of ether oxygens (including phenoxy) is 1. The van der Waals surface area contributed by atoms with E-state index < -0.39 is 0 Å². The van der Waals surface area contributed by atoms with Gasteiger partial charge in [0.25, 0.3) is 0 Å². The van der Waals surface area contributed by atoms with Gasteiger partial charge in [0, 0.05) is 10.9 Å². The molecule has 1 aliphatic rings. The van der Waals surface area contributed by atoms with Crippen molar-refractivity contribution in [3.05, 3.63) is 114 Å². The number of benzene rings is 3. The number of para-hydroxylation sites is 1. The summed E-state index contributed by atoms with van der Waals surface area (Å²) in [6, 6.07) is 24.5. The van der Waals surface area contributed by atoms with Gasteiger partial charge in [-0.1, -0.05) is 106 Å². The molecule has 0 heterocycles. The predicted octanol–water partition coefficient (Wildman–Crippen LogP) is 5.38. The number of carbonyl (C=O) groups excluding carboxylic acids is 1. The number of allylic oxidation sites excluding steroid dienone is 4. The first-order valence-corrected chi connectivity index (χ1v) is 11.3. The standard InChI is InChI=1S/C27H25O2P/c28-19-24-14-7-8-16-25(24)30-26-17-9-15-23(18-21-10-3-1-4-11-21)27(26)29-20-22-12-5-2-6-13-22/h1-10,12-17,19,21,30H,11,18,20H2. The zero-order chi connectivity index (χ0) is 20.6. The van der Waals surface area contributed by atoms with Crippen LogP contribution in [-0.4, -0.2) is 6.29 Å². The van der Waals surface area contributed by atoms with Gasteiger partial charge in [0.2, 0.25) is 0 Å². The second-order valence-corrected chi connectivity index (χ2v) is 8.74. The largest absolute Gasteiger partial charge is 0.488 e. The first kappa shape index (κ1) is 20.3. The summed E-state index contributed by atoms with van der Waals surface area (Å²) in [5.74, 6) is 1.44. The minimum atomic E-state index is 0.369. The van der Waals surface area contributed by atoms with Crippen LogP contribution in [0.5, 0.6) is 5.75 Å². The van der Waals surface area contributed by atoms with Crippen molar-refractivity contribution >= 4 is 25.5 Å². The molecule has 0 spiro atoms. The van der Waals surface area contributed by atoms with Gasteiger partial charge in [0.15, 0.2) is 6.29 Å². The molecule has 0 radical (unpaired) electrons. The quantitative estimate of drug-likeness (QED) is 0.367. The molecule has 0 aliphatic heterocycles. The van der Waals surface area contributed by atoms with Gasteiger partial charge in [0.05, 0.1) is 0 Å². The molecule has 2 unspecified atom stereocenters. The third kappa shape index (κ3) is 5.14.